The number of carbonyl (C=O) groups excluding carboxylic acids is 1. The van der Waals surface area contributed by atoms with Gasteiger partial charge in [-0.1, -0.05) is 18.2 Å². The number of para-hydroxylation sites is 1. The van der Waals surface area contributed by atoms with E-state index in [1.54, 1.807) is 11.6 Å². The van der Waals surface area contributed by atoms with Crippen molar-refractivity contribution in [2.45, 2.75) is 20.3 Å². The summed E-state index contributed by atoms with van der Waals surface area (Å²) in [5.41, 5.74) is 2.71. The van der Waals surface area contributed by atoms with Gasteiger partial charge in [0.05, 0.1) is 29.1 Å². The van der Waals surface area contributed by atoms with Crippen molar-refractivity contribution in [3.05, 3.63) is 47.3 Å². The lowest BCUT2D eigenvalue weighted by Crippen LogP contribution is -2.27. The first kappa shape index (κ1) is 14.8. The Morgan fingerprint density at radius 3 is 2.52 bits per heavy atom. The number of carboxylic acid groups (broad SMARTS) is 1. The molecule has 2 N–H and O–H groups in total. The molecule has 0 radical (unpaired) electrons. The number of carbonyl (C=O) groups is 2. The zero-order chi connectivity index (χ0) is 15.4. The minimum absolute atomic E-state index is 0.101. The molecule has 0 unspecified atom stereocenters. The Bertz CT molecular complexity index is 662. The quantitative estimate of drug-likeness (QED) is 0.876. The zero-order valence-corrected chi connectivity index (χ0v) is 12.0. The maximum absolute atomic E-state index is 12.2. The van der Waals surface area contributed by atoms with E-state index in [9.17, 15) is 9.59 Å². The van der Waals surface area contributed by atoms with Gasteiger partial charge in [-0.2, -0.15) is 5.10 Å². The Labute approximate surface area is 122 Å². The Morgan fingerprint density at radius 1 is 1.24 bits per heavy atom. The van der Waals surface area contributed by atoms with Gasteiger partial charge in [-0.15, -0.1) is 0 Å². The van der Waals surface area contributed by atoms with Crippen LogP contribution in [-0.2, 0) is 4.79 Å². The molecule has 0 saturated heterocycles. The highest BCUT2D eigenvalue weighted by Gasteiger charge is 2.19. The molecule has 6 nitrogen and oxygen atoms in total. The third kappa shape index (κ3) is 3.28. The van der Waals surface area contributed by atoms with Crippen LogP contribution >= 0.6 is 0 Å². The molecular formula is C15H17N3O3. The fourth-order valence-electron chi connectivity index (χ4n) is 2.16. The van der Waals surface area contributed by atoms with Crippen LogP contribution in [0.4, 0.5) is 0 Å². The van der Waals surface area contributed by atoms with E-state index in [2.05, 4.69) is 10.4 Å². The lowest BCUT2D eigenvalue weighted by molar-refractivity contribution is -0.136. The van der Waals surface area contributed by atoms with Crippen LogP contribution in [0.15, 0.2) is 30.3 Å². The summed E-state index contributed by atoms with van der Waals surface area (Å²) in [5, 5.41) is 15.6. The first-order valence-corrected chi connectivity index (χ1v) is 6.62. The first-order valence-electron chi connectivity index (χ1n) is 6.62. The highest BCUT2D eigenvalue weighted by atomic mass is 16.4. The molecule has 2 aromatic rings. The molecule has 1 heterocycles. The number of aromatic nitrogens is 2. The molecule has 1 aromatic heterocycles. The van der Waals surface area contributed by atoms with E-state index >= 15 is 0 Å². The summed E-state index contributed by atoms with van der Waals surface area (Å²) in [4.78, 5) is 22.6. The van der Waals surface area contributed by atoms with Crippen molar-refractivity contribution in [1.82, 2.24) is 15.1 Å². The van der Waals surface area contributed by atoms with Crippen molar-refractivity contribution < 1.29 is 14.7 Å². The minimum Gasteiger partial charge on any atom is -0.481 e. The standard InChI is InChI=1S/C15H17N3O3/c1-10-14(15(21)16-9-8-13(19)20)11(2)18(17-10)12-6-4-3-5-7-12/h3-7H,8-9H2,1-2H3,(H,16,21)(H,19,20). The number of hydrogen-bond acceptors (Lipinski definition) is 3. The van der Waals surface area contributed by atoms with Crippen LogP contribution in [0.25, 0.3) is 5.69 Å². The number of benzene rings is 1. The topological polar surface area (TPSA) is 84.2 Å². The molecule has 0 aliphatic carbocycles. The van der Waals surface area contributed by atoms with Gasteiger partial charge in [0.2, 0.25) is 0 Å². The van der Waals surface area contributed by atoms with Crippen molar-refractivity contribution in [2.75, 3.05) is 6.54 Å². The Morgan fingerprint density at radius 2 is 1.90 bits per heavy atom. The van der Waals surface area contributed by atoms with Crippen molar-refractivity contribution in [3.63, 3.8) is 0 Å². The van der Waals surface area contributed by atoms with Crippen LogP contribution in [0, 0.1) is 13.8 Å². The average molecular weight is 287 g/mol. The predicted octanol–water partition coefficient (Wildman–Crippen LogP) is 1.69. The summed E-state index contributed by atoms with van der Waals surface area (Å²) >= 11 is 0. The van der Waals surface area contributed by atoms with Gasteiger partial charge >= 0.3 is 5.97 Å². The molecular weight excluding hydrogens is 270 g/mol. The molecule has 110 valence electrons. The Balaban J connectivity index is 2.23. The molecule has 0 aliphatic rings. The van der Waals surface area contributed by atoms with E-state index in [1.807, 2.05) is 37.3 Å². The number of rotatable bonds is 5. The van der Waals surface area contributed by atoms with E-state index < -0.39 is 5.97 Å². The number of amides is 1. The fourth-order valence-corrected chi connectivity index (χ4v) is 2.16. The van der Waals surface area contributed by atoms with Crippen molar-refractivity contribution in [1.29, 1.82) is 0 Å². The number of nitrogens with one attached hydrogen (secondary N) is 1. The summed E-state index contributed by atoms with van der Waals surface area (Å²) in [6.07, 6.45) is -0.101. The van der Waals surface area contributed by atoms with Crippen molar-refractivity contribution >= 4 is 11.9 Å². The van der Waals surface area contributed by atoms with Crippen molar-refractivity contribution in [3.8, 4) is 5.69 Å². The molecule has 0 atom stereocenters. The Kier molecular flexibility index (Phi) is 4.37. The van der Waals surface area contributed by atoms with E-state index in [1.165, 1.54) is 0 Å². The number of nitrogens with zero attached hydrogens (tertiary/aromatic N) is 2. The first-order chi connectivity index (χ1) is 10.0. The highest BCUT2D eigenvalue weighted by molar-refractivity contribution is 5.96. The summed E-state index contributed by atoms with van der Waals surface area (Å²) in [5.74, 6) is -1.24. The minimum atomic E-state index is -0.941. The number of hydrogen-bond donors (Lipinski definition) is 2. The van der Waals surface area contributed by atoms with E-state index in [4.69, 9.17) is 5.11 Å². The average Bonchev–Trinajstić information content (AvgIpc) is 2.74. The molecule has 0 bridgehead atoms. The fraction of sp³-hybridized carbons (Fsp3) is 0.267. The van der Waals surface area contributed by atoms with Crippen LogP contribution in [-0.4, -0.2) is 33.3 Å². The normalized spacial score (nSPS) is 10.4. The highest BCUT2D eigenvalue weighted by Crippen LogP contribution is 2.17. The van der Waals surface area contributed by atoms with Crippen LogP contribution in [0.5, 0.6) is 0 Å². The zero-order valence-electron chi connectivity index (χ0n) is 12.0. The molecule has 1 amide bonds. The third-order valence-corrected chi connectivity index (χ3v) is 3.14. The predicted molar refractivity (Wildman–Crippen MR) is 77.6 cm³/mol. The van der Waals surface area contributed by atoms with Crippen LogP contribution in [0.2, 0.25) is 0 Å². The molecule has 2 rings (SSSR count). The van der Waals surface area contributed by atoms with Crippen LogP contribution in [0.1, 0.15) is 28.2 Å². The van der Waals surface area contributed by atoms with E-state index in [0.29, 0.717) is 11.3 Å². The maximum atomic E-state index is 12.2. The molecule has 0 aliphatic heterocycles. The SMILES string of the molecule is Cc1nn(-c2ccccc2)c(C)c1C(=O)NCCC(=O)O. The van der Waals surface area contributed by atoms with E-state index in [0.717, 1.165) is 11.4 Å². The second kappa shape index (κ2) is 6.21. The second-order valence-corrected chi connectivity index (χ2v) is 4.69. The smallest absolute Gasteiger partial charge is 0.305 e. The van der Waals surface area contributed by atoms with Gasteiger partial charge in [0.15, 0.2) is 0 Å². The molecule has 6 heteroatoms. The van der Waals surface area contributed by atoms with Gasteiger partial charge in [0.1, 0.15) is 0 Å². The maximum Gasteiger partial charge on any atom is 0.305 e. The molecule has 0 fully saturated rings. The monoisotopic (exact) mass is 287 g/mol. The summed E-state index contributed by atoms with van der Waals surface area (Å²) in [6, 6.07) is 9.53. The van der Waals surface area contributed by atoms with Gasteiger partial charge < -0.3 is 10.4 Å². The molecule has 0 spiro atoms. The second-order valence-electron chi connectivity index (χ2n) is 4.69. The number of aryl methyl sites for hydroxylation is 1. The summed E-state index contributed by atoms with van der Waals surface area (Å²) in [6.45, 7) is 3.68. The molecule has 0 saturated carbocycles. The lowest BCUT2D eigenvalue weighted by atomic mass is 10.2. The number of carboxylic acids is 1. The molecule has 21 heavy (non-hydrogen) atoms. The van der Waals surface area contributed by atoms with E-state index in [-0.39, 0.29) is 18.9 Å². The van der Waals surface area contributed by atoms with Crippen molar-refractivity contribution in [2.24, 2.45) is 0 Å². The van der Waals surface area contributed by atoms with Gasteiger partial charge in [0.25, 0.3) is 5.91 Å². The van der Waals surface area contributed by atoms with Gasteiger partial charge in [-0.05, 0) is 26.0 Å². The summed E-state index contributed by atoms with van der Waals surface area (Å²) in [7, 11) is 0. The van der Waals surface area contributed by atoms with Gasteiger partial charge in [-0.3, -0.25) is 9.59 Å². The van der Waals surface area contributed by atoms with Crippen LogP contribution < -0.4 is 5.32 Å². The summed E-state index contributed by atoms with van der Waals surface area (Å²) < 4.78 is 1.71. The largest absolute Gasteiger partial charge is 0.481 e. The third-order valence-electron chi connectivity index (χ3n) is 3.14. The Hall–Kier alpha value is -2.63. The lowest BCUT2D eigenvalue weighted by Gasteiger charge is -2.06. The number of aliphatic carboxylic acids is 1. The van der Waals surface area contributed by atoms with Crippen LogP contribution in [0.3, 0.4) is 0 Å². The molecule has 1 aromatic carbocycles. The van der Waals surface area contributed by atoms with Gasteiger partial charge in [0, 0.05) is 6.54 Å². The van der Waals surface area contributed by atoms with Gasteiger partial charge in [-0.25, -0.2) is 4.68 Å².